The molecular formula is C21H25N3O5. The number of aromatic nitrogens is 1. The number of fused-ring (bicyclic) bond motifs is 1. The fraction of sp³-hybridized carbons (Fsp3) is 0.381. The van der Waals surface area contributed by atoms with Crippen LogP contribution in [0.2, 0.25) is 0 Å². The van der Waals surface area contributed by atoms with Crippen molar-refractivity contribution in [1.29, 1.82) is 0 Å². The number of H-pyrrole nitrogens is 1. The smallest absolute Gasteiger partial charge is 0.332 e. The number of benzene rings is 1. The Labute approximate surface area is 168 Å². The first-order chi connectivity index (χ1) is 13.9. The number of amides is 1. The maximum atomic E-state index is 13.0. The first kappa shape index (κ1) is 20.6. The Morgan fingerprint density at radius 2 is 1.93 bits per heavy atom. The van der Waals surface area contributed by atoms with Crippen molar-refractivity contribution in [2.45, 2.75) is 44.3 Å². The molecule has 3 rings (SSSR count). The van der Waals surface area contributed by atoms with Crippen molar-refractivity contribution in [3.63, 3.8) is 0 Å². The van der Waals surface area contributed by atoms with Gasteiger partial charge in [-0.1, -0.05) is 30.3 Å². The zero-order chi connectivity index (χ0) is 21.0. The molecule has 0 spiro atoms. The number of carbonyl (C=O) groups is 3. The number of nitrogens with one attached hydrogen (secondary N) is 2. The standard InChI is InChI=1S/C21H25N3O5/c1-13(23-16(20(26)27)8-7-14-5-3-2-4-6-14)19(25)24-12-10-15-9-11-22-17(15)18(24)21(28)29/h2-6,9,11,13,16,18,22-23H,7-8,10,12H2,1H3,(H,26,27)(H,28,29)/t13-,16?,18?/m0/s1. The molecule has 0 aliphatic carbocycles. The third-order valence-corrected chi connectivity index (χ3v) is 5.28. The number of carboxylic acids is 2. The number of aryl methyl sites for hydroxylation is 1. The Morgan fingerprint density at radius 3 is 2.59 bits per heavy atom. The Bertz CT molecular complexity index is 879. The van der Waals surface area contributed by atoms with Crippen molar-refractivity contribution in [1.82, 2.24) is 15.2 Å². The molecule has 8 heteroatoms. The van der Waals surface area contributed by atoms with Gasteiger partial charge in [0, 0.05) is 12.7 Å². The van der Waals surface area contributed by atoms with Crippen LogP contribution in [0.25, 0.3) is 0 Å². The molecule has 4 N–H and O–H groups in total. The van der Waals surface area contributed by atoms with Crippen LogP contribution in [-0.2, 0) is 27.2 Å². The van der Waals surface area contributed by atoms with Crippen LogP contribution in [0.5, 0.6) is 0 Å². The molecule has 154 valence electrons. The second-order valence-corrected chi connectivity index (χ2v) is 7.24. The fourth-order valence-corrected chi connectivity index (χ4v) is 3.76. The third-order valence-electron chi connectivity index (χ3n) is 5.28. The monoisotopic (exact) mass is 399 g/mol. The van der Waals surface area contributed by atoms with Gasteiger partial charge in [-0.05, 0) is 43.4 Å². The number of nitrogens with zero attached hydrogens (tertiary/aromatic N) is 1. The van der Waals surface area contributed by atoms with Gasteiger partial charge in [0.1, 0.15) is 6.04 Å². The van der Waals surface area contributed by atoms with E-state index in [0.29, 0.717) is 25.0 Å². The number of aromatic amines is 1. The van der Waals surface area contributed by atoms with E-state index in [4.69, 9.17) is 0 Å². The van der Waals surface area contributed by atoms with Gasteiger partial charge in [-0.2, -0.15) is 0 Å². The Balaban J connectivity index is 1.68. The Hall–Kier alpha value is -3.13. The highest BCUT2D eigenvalue weighted by Gasteiger charge is 2.39. The number of carbonyl (C=O) groups excluding carboxylic acids is 1. The molecule has 0 fully saturated rings. The van der Waals surface area contributed by atoms with Crippen LogP contribution in [0.3, 0.4) is 0 Å². The molecule has 1 aliphatic rings. The minimum absolute atomic E-state index is 0.272. The van der Waals surface area contributed by atoms with Crippen molar-refractivity contribution < 1.29 is 24.6 Å². The highest BCUT2D eigenvalue weighted by Crippen LogP contribution is 2.29. The number of hydrogen-bond acceptors (Lipinski definition) is 4. The van der Waals surface area contributed by atoms with Crippen molar-refractivity contribution >= 4 is 17.8 Å². The van der Waals surface area contributed by atoms with Crippen molar-refractivity contribution in [3.8, 4) is 0 Å². The van der Waals surface area contributed by atoms with Gasteiger partial charge in [0.25, 0.3) is 0 Å². The van der Waals surface area contributed by atoms with Crippen molar-refractivity contribution in [2.24, 2.45) is 0 Å². The zero-order valence-corrected chi connectivity index (χ0v) is 16.2. The number of aliphatic carboxylic acids is 2. The van der Waals surface area contributed by atoms with Gasteiger partial charge in [0.05, 0.1) is 11.7 Å². The van der Waals surface area contributed by atoms with Crippen LogP contribution in [-0.4, -0.2) is 56.6 Å². The van der Waals surface area contributed by atoms with Crippen LogP contribution >= 0.6 is 0 Å². The Morgan fingerprint density at radius 1 is 1.21 bits per heavy atom. The number of hydrogen-bond donors (Lipinski definition) is 4. The van der Waals surface area contributed by atoms with E-state index in [2.05, 4.69) is 10.3 Å². The summed E-state index contributed by atoms with van der Waals surface area (Å²) in [5, 5.41) is 22.1. The molecule has 1 aliphatic heterocycles. The Kier molecular flexibility index (Phi) is 6.33. The lowest BCUT2D eigenvalue weighted by Crippen LogP contribution is -2.54. The summed E-state index contributed by atoms with van der Waals surface area (Å²) in [5.41, 5.74) is 2.40. The highest BCUT2D eigenvalue weighted by molar-refractivity contribution is 5.88. The lowest BCUT2D eigenvalue weighted by molar-refractivity contribution is -0.152. The van der Waals surface area contributed by atoms with Gasteiger partial charge >= 0.3 is 11.9 Å². The summed E-state index contributed by atoms with van der Waals surface area (Å²) in [4.78, 5) is 40.7. The molecule has 1 aromatic carbocycles. The average Bonchev–Trinajstić information content (AvgIpc) is 3.18. The van der Waals surface area contributed by atoms with Gasteiger partial charge in [-0.15, -0.1) is 0 Å². The summed E-state index contributed by atoms with van der Waals surface area (Å²) in [6.45, 7) is 1.85. The van der Waals surface area contributed by atoms with E-state index in [1.165, 1.54) is 4.90 Å². The first-order valence-electron chi connectivity index (χ1n) is 9.60. The van der Waals surface area contributed by atoms with E-state index in [1.54, 1.807) is 13.1 Å². The van der Waals surface area contributed by atoms with Gasteiger partial charge in [0.15, 0.2) is 6.04 Å². The molecular weight excluding hydrogens is 374 g/mol. The van der Waals surface area contributed by atoms with Gasteiger partial charge in [-0.25, -0.2) is 4.79 Å². The predicted molar refractivity (Wildman–Crippen MR) is 105 cm³/mol. The predicted octanol–water partition coefficient (Wildman–Crippen LogP) is 1.59. The minimum Gasteiger partial charge on any atom is -0.480 e. The van der Waals surface area contributed by atoms with E-state index in [9.17, 15) is 24.6 Å². The van der Waals surface area contributed by atoms with Crippen LogP contribution < -0.4 is 5.32 Å². The second kappa shape index (κ2) is 8.91. The zero-order valence-electron chi connectivity index (χ0n) is 16.2. The van der Waals surface area contributed by atoms with Crippen LogP contribution in [0.4, 0.5) is 0 Å². The van der Waals surface area contributed by atoms with E-state index in [1.807, 2.05) is 36.4 Å². The molecule has 0 bridgehead atoms. The molecule has 1 aromatic heterocycles. The normalized spacial score (nSPS) is 18.0. The van der Waals surface area contributed by atoms with Gasteiger partial charge < -0.3 is 20.1 Å². The molecule has 2 aromatic rings. The molecule has 3 atom stereocenters. The summed E-state index contributed by atoms with van der Waals surface area (Å²) in [6, 6.07) is 8.50. The van der Waals surface area contributed by atoms with Crippen LogP contribution in [0.15, 0.2) is 42.6 Å². The lowest BCUT2D eigenvalue weighted by atomic mass is 9.98. The summed E-state index contributed by atoms with van der Waals surface area (Å²) in [7, 11) is 0. The number of rotatable bonds is 8. The topological polar surface area (TPSA) is 123 Å². The molecule has 0 saturated carbocycles. The summed E-state index contributed by atoms with van der Waals surface area (Å²) in [5.74, 6) is -2.59. The van der Waals surface area contributed by atoms with Crippen molar-refractivity contribution in [3.05, 3.63) is 59.4 Å². The van der Waals surface area contributed by atoms with Crippen molar-refractivity contribution in [2.75, 3.05) is 6.54 Å². The SMILES string of the molecule is C[C@H](NC(CCc1ccccc1)C(=O)O)C(=O)N1CCc2cc[nH]c2C1C(=O)O. The third kappa shape index (κ3) is 4.65. The molecule has 1 amide bonds. The maximum absolute atomic E-state index is 13.0. The minimum atomic E-state index is -1.12. The van der Waals surface area contributed by atoms with E-state index < -0.39 is 36.0 Å². The summed E-state index contributed by atoms with van der Waals surface area (Å²) in [6.07, 6.45) is 3.09. The van der Waals surface area contributed by atoms with Crippen LogP contribution in [0.1, 0.15) is 36.2 Å². The summed E-state index contributed by atoms with van der Waals surface area (Å²) >= 11 is 0. The maximum Gasteiger partial charge on any atom is 0.332 e. The molecule has 2 heterocycles. The molecule has 8 nitrogen and oxygen atoms in total. The van der Waals surface area contributed by atoms with Gasteiger partial charge in [-0.3, -0.25) is 14.9 Å². The largest absolute Gasteiger partial charge is 0.480 e. The summed E-state index contributed by atoms with van der Waals surface area (Å²) < 4.78 is 0. The van der Waals surface area contributed by atoms with E-state index in [-0.39, 0.29) is 6.54 Å². The molecule has 0 radical (unpaired) electrons. The average molecular weight is 399 g/mol. The molecule has 29 heavy (non-hydrogen) atoms. The first-order valence-corrected chi connectivity index (χ1v) is 9.60. The number of carboxylic acid groups (broad SMARTS) is 2. The fourth-order valence-electron chi connectivity index (χ4n) is 3.76. The second-order valence-electron chi connectivity index (χ2n) is 7.24. The van der Waals surface area contributed by atoms with E-state index >= 15 is 0 Å². The lowest BCUT2D eigenvalue weighted by Gasteiger charge is -2.35. The van der Waals surface area contributed by atoms with E-state index in [0.717, 1.165) is 11.1 Å². The quantitative estimate of drug-likeness (QED) is 0.535. The molecule has 2 unspecified atom stereocenters. The molecule has 0 saturated heterocycles. The van der Waals surface area contributed by atoms with Crippen LogP contribution in [0, 0.1) is 0 Å². The highest BCUT2D eigenvalue weighted by atomic mass is 16.4. The van der Waals surface area contributed by atoms with Gasteiger partial charge in [0.2, 0.25) is 5.91 Å².